The van der Waals surface area contributed by atoms with Crippen LogP contribution in [0.4, 0.5) is 18.9 Å². The third kappa shape index (κ3) is 4.75. The quantitative estimate of drug-likeness (QED) is 0.381. The number of hydrogen-bond donors (Lipinski definition) is 0. The lowest BCUT2D eigenvalue weighted by atomic mass is 10.1. The van der Waals surface area contributed by atoms with Gasteiger partial charge < -0.3 is 4.74 Å². The first-order valence-electron chi connectivity index (χ1n) is 9.56. The molecule has 1 aliphatic heterocycles. The van der Waals surface area contributed by atoms with Crippen molar-refractivity contribution in [3.63, 3.8) is 0 Å². The molecule has 0 atom stereocenters. The zero-order valence-electron chi connectivity index (χ0n) is 16.5. The van der Waals surface area contributed by atoms with E-state index in [1.165, 1.54) is 18.2 Å². The second kappa shape index (κ2) is 9.00. The molecule has 0 aromatic heterocycles. The Hall–Kier alpha value is -3.39. The molecule has 0 spiro atoms. The molecule has 0 fully saturated rings. The van der Waals surface area contributed by atoms with Crippen molar-refractivity contribution in [3.8, 4) is 5.75 Å². The van der Waals surface area contributed by atoms with Crippen molar-refractivity contribution < 1.29 is 22.7 Å². The standard InChI is InChI=1S/C24H16BrF3N2O2/c25-20-14-17(11-12-21(20)32-15-16-7-3-1-4-8-16)13-19-22(24(26,27)28)29-30(23(19)31)18-9-5-2-6-10-18/h1-14H,15H2/b19-13-. The summed E-state index contributed by atoms with van der Waals surface area (Å²) in [4.78, 5) is 12.8. The average molecular weight is 501 g/mol. The van der Waals surface area contributed by atoms with Crippen molar-refractivity contribution in [3.05, 3.63) is 100 Å². The molecule has 32 heavy (non-hydrogen) atoms. The van der Waals surface area contributed by atoms with Gasteiger partial charge in [-0.2, -0.15) is 23.3 Å². The molecule has 1 aliphatic rings. The van der Waals surface area contributed by atoms with Crippen LogP contribution in [0.1, 0.15) is 11.1 Å². The van der Waals surface area contributed by atoms with Gasteiger partial charge in [0.05, 0.1) is 15.7 Å². The summed E-state index contributed by atoms with van der Waals surface area (Å²) in [5, 5.41) is 4.33. The normalized spacial score (nSPS) is 15.2. The fraction of sp³-hybridized carbons (Fsp3) is 0.0833. The van der Waals surface area contributed by atoms with Gasteiger partial charge in [0.25, 0.3) is 5.91 Å². The van der Waals surface area contributed by atoms with Crippen molar-refractivity contribution in [2.75, 3.05) is 5.01 Å². The number of hydrazone groups is 1. The van der Waals surface area contributed by atoms with E-state index in [9.17, 15) is 18.0 Å². The van der Waals surface area contributed by atoms with E-state index in [0.29, 0.717) is 22.4 Å². The fourth-order valence-electron chi connectivity index (χ4n) is 3.12. The number of ether oxygens (including phenoxy) is 1. The summed E-state index contributed by atoms with van der Waals surface area (Å²) in [6.07, 6.45) is -3.59. The van der Waals surface area contributed by atoms with Crippen LogP contribution in [0, 0.1) is 0 Å². The predicted molar refractivity (Wildman–Crippen MR) is 120 cm³/mol. The number of para-hydroxylation sites is 1. The molecule has 1 amide bonds. The zero-order valence-corrected chi connectivity index (χ0v) is 18.1. The van der Waals surface area contributed by atoms with E-state index < -0.39 is 23.4 Å². The van der Waals surface area contributed by atoms with Gasteiger partial charge in [-0.25, -0.2) is 0 Å². The van der Waals surface area contributed by atoms with Gasteiger partial charge in [0.2, 0.25) is 0 Å². The Morgan fingerprint density at radius 1 is 0.969 bits per heavy atom. The van der Waals surface area contributed by atoms with Gasteiger partial charge in [-0.15, -0.1) is 0 Å². The van der Waals surface area contributed by atoms with Gasteiger partial charge in [0.1, 0.15) is 12.4 Å². The van der Waals surface area contributed by atoms with Crippen molar-refractivity contribution in [1.29, 1.82) is 0 Å². The summed E-state index contributed by atoms with van der Waals surface area (Å²) in [5.41, 5.74) is -0.111. The first-order valence-corrected chi connectivity index (χ1v) is 10.4. The Morgan fingerprint density at radius 3 is 2.25 bits per heavy atom. The minimum absolute atomic E-state index is 0.258. The molecule has 1 heterocycles. The molecule has 3 aromatic carbocycles. The number of anilines is 1. The minimum atomic E-state index is -4.78. The van der Waals surface area contributed by atoms with Crippen LogP contribution >= 0.6 is 15.9 Å². The van der Waals surface area contributed by atoms with Crippen molar-refractivity contribution in [2.24, 2.45) is 5.10 Å². The number of benzene rings is 3. The van der Waals surface area contributed by atoms with Crippen LogP contribution in [0.3, 0.4) is 0 Å². The van der Waals surface area contributed by atoms with Gasteiger partial charge >= 0.3 is 6.18 Å². The lowest BCUT2D eigenvalue weighted by molar-refractivity contribution is -0.114. The largest absolute Gasteiger partial charge is 0.488 e. The van der Waals surface area contributed by atoms with Crippen LogP contribution in [0.2, 0.25) is 0 Å². The minimum Gasteiger partial charge on any atom is -0.488 e. The Morgan fingerprint density at radius 2 is 1.62 bits per heavy atom. The Labute approximate surface area is 190 Å². The highest BCUT2D eigenvalue weighted by atomic mass is 79.9. The Kier molecular flexibility index (Phi) is 6.14. The average Bonchev–Trinajstić information content (AvgIpc) is 3.11. The predicted octanol–water partition coefficient (Wildman–Crippen LogP) is 6.38. The summed E-state index contributed by atoms with van der Waals surface area (Å²) in [7, 11) is 0. The first kappa shape index (κ1) is 21.8. The van der Waals surface area contributed by atoms with Gasteiger partial charge in [0.15, 0.2) is 5.71 Å². The molecule has 3 aromatic rings. The maximum Gasteiger partial charge on any atom is 0.435 e. The van der Waals surface area contributed by atoms with Crippen molar-refractivity contribution in [2.45, 2.75) is 12.8 Å². The Bertz CT molecular complexity index is 1190. The molecule has 0 aliphatic carbocycles. The van der Waals surface area contributed by atoms with E-state index in [-0.39, 0.29) is 5.69 Å². The number of carbonyl (C=O) groups is 1. The van der Waals surface area contributed by atoms with Gasteiger partial charge in [0, 0.05) is 0 Å². The molecule has 0 unspecified atom stereocenters. The molecule has 0 saturated carbocycles. The lowest BCUT2D eigenvalue weighted by Crippen LogP contribution is -2.25. The molecular weight excluding hydrogens is 485 g/mol. The summed E-state index contributed by atoms with van der Waals surface area (Å²) < 4.78 is 47.1. The third-order valence-electron chi connectivity index (χ3n) is 4.65. The number of rotatable bonds is 5. The molecule has 0 N–H and O–H groups in total. The van der Waals surface area contributed by atoms with E-state index in [1.807, 2.05) is 30.3 Å². The van der Waals surface area contributed by atoms with Crippen molar-refractivity contribution in [1.82, 2.24) is 0 Å². The SMILES string of the molecule is O=C1/C(=C\c2ccc(OCc3ccccc3)c(Br)c2)C(C(F)(F)F)=NN1c1ccccc1. The first-order chi connectivity index (χ1) is 15.3. The number of halogens is 4. The highest BCUT2D eigenvalue weighted by Crippen LogP contribution is 2.34. The lowest BCUT2D eigenvalue weighted by Gasteiger charge is -2.11. The maximum absolute atomic E-state index is 13.6. The van der Waals surface area contributed by atoms with Crippen LogP contribution in [0.15, 0.2) is 94.0 Å². The van der Waals surface area contributed by atoms with E-state index >= 15 is 0 Å². The highest BCUT2D eigenvalue weighted by Gasteiger charge is 2.46. The molecule has 0 bridgehead atoms. The summed E-state index contributed by atoms with van der Waals surface area (Å²) in [6.45, 7) is 0.343. The highest BCUT2D eigenvalue weighted by molar-refractivity contribution is 9.10. The molecular formula is C24H16BrF3N2O2. The number of alkyl halides is 3. The van der Waals surface area contributed by atoms with Crippen LogP contribution in [-0.4, -0.2) is 17.8 Å². The molecule has 162 valence electrons. The zero-order chi connectivity index (χ0) is 22.7. The van der Waals surface area contributed by atoms with Crippen LogP contribution < -0.4 is 9.75 Å². The summed E-state index contributed by atoms with van der Waals surface area (Å²) in [6, 6.07) is 22.4. The van der Waals surface area contributed by atoms with Gasteiger partial charge in [-0.3, -0.25) is 4.79 Å². The van der Waals surface area contributed by atoms with Crippen LogP contribution in [-0.2, 0) is 11.4 Å². The van der Waals surface area contributed by atoms with E-state index in [1.54, 1.807) is 36.4 Å². The van der Waals surface area contributed by atoms with E-state index in [4.69, 9.17) is 4.74 Å². The molecule has 8 heteroatoms. The number of hydrogen-bond acceptors (Lipinski definition) is 3. The fourth-order valence-corrected chi connectivity index (χ4v) is 3.64. The molecule has 0 saturated heterocycles. The van der Waals surface area contributed by atoms with Gasteiger partial charge in [-0.1, -0.05) is 54.6 Å². The Balaban J connectivity index is 1.61. The van der Waals surface area contributed by atoms with Crippen molar-refractivity contribution >= 4 is 39.3 Å². The second-order valence-electron chi connectivity index (χ2n) is 6.92. The topological polar surface area (TPSA) is 41.9 Å². The molecule has 4 nitrogen and oxygen atoms in total. The maximum atomic E-state index is 13.6. The summed E-state index contributed by atoms with van der Waals surface area (Å²) in [5.74, 6) is -0.312. The number of amides is 1. The number of carbonyl (C=O) groups excluding carboxylic acids is 1. The second-order valence-corrected chi connectivity index (χ2v) is 7.78. The summed E-state index contributed by atoms with van der Waals surface area (Å²) >= 11 is 3.39. The number of nitrogens with zero attached hydrogens (tertiary/aromatic N) is 2. The molecule has 4 rings (SSSR count). The molecule has 0 radical (unpaired) electrons. The van der Waals surface area contributed by atoms with Gasteiger partial charge in [-0.05, 0) is 57.4 Å². The van der Waals surface area contributed by atoms with Crippen LogP contribution in [0.25, 0.3) is 6.08 Å². The smallest absolute Gasteiger partial charge is 0.435 e. The third-order valence-corrected chi connectivity index (χ3v) is 5.27. The monoisotopic (exact) mass is 500 g/mol. The van der Waals surface area contributed by atoms with E-state index in [2.05, 4.69) is 21.0 Å². The van der Waals surface area contributed by atoms with Crippen LogP contribution in [0.5, 0.6) is 5.75 Å². The van der Waals surface area contributed by atoms with E-state index in [0.717, 1.165) is 10.6 Å².